The van der Waals surface area contributed by atoms with Crippen LogP contribution < -0.4 is 5.73 Å². The van der Waals surface area contributed by atoms with Gasteiger partial charge in [0, 0.05) is 6.54 Å². The zero-order chi connectivity index (χ0) is 5.21. The highest BCUT2D eigenvalue weighted by Crippen LogP contribution is 2.16. The van der Waals surface area contributed by atoms with Gasteiger partial charge < -0.3 is 0 Å². The first kappa shape index (κ1) is 6.54. The average Bonchev–Trinajstić information content (AvgIpc) is 1.35. The molecule has 37 valence electrons. The highest BCUT2D eigenvalue weighted by Gasteiger charge is 2.11. The third-order valence-electron chi connectivity index (χ3n) is 0.310. The van der Waals surface area contributed by atoms with E-state index in [-0.39, 0.29) is 6.54 Å². The molecule has 6 heavy (non-hydrogen) atoms. The van der Waals surface area contributed by atoms with Gasteiger partial charge in [-0.25, -0.2) is 0 Å². The summed E-state index contributed by atoms with van der Waals surface area (Å²) in [7, 11) is 0. The second kappa shape index (κ2) is 2.01. The third-order valence-corrected chi connectivity index (χ3v) is 0.578. The van der Waals surface area contributed by atoms with Crippen molar-refractivity contribution in [1.29, 1.82) is 0 Å². The SMILES string of the molecule is CC(Cl)(Cl)C[NH]. The van der Waals surface area contributed by atoms with Gasteiger partial charge in [-0.15, -0.1) is 23.2 Å². The molecule has 0 aromatic rings. The van der Waals surface area contributed by atoms with Crippen LogP contribution >= 0.6 is 23.2 Å². The molecular weight excluding hydrogens is 121 g/mol. The van der Waals surface area contributed by atoms with E-state index in [0.29, 0.717) is 0 Å². The normalized spacial score (nSPS) is 12.0. The van der Waals surface area contributed by atoms with Gasteiger partial charge in [0.05, 0.1) is 0 Å². The fourth-order valence-electron chi connectivity index (χ4n) is 0. The molecule has 1 nitrogen and oxygen atoms in total. The Kier molecular flexibility index (Phi) is 2.19. The maximum Gasteiger partial charge on any atom is 0.129 e. The average molecular weight is 127 g/mol. The van der Waals surface area contributed by atoms with E-state index in [1.54, 1.807) is 6.92 Å². The van der Waals surface area contributed by atoms with Gasteiger partial charge >= 0.3 is 0 Å². The van der Waals surface area contributed by atoms with Crippen LogP contribution in [0.1, 0.15) is 6.92 Å². The van der Waals surface area contributed by atoms with Crippen LogP contribution in [0.15, 0.2) is 0 Å². The predicted molar refractivity (Wildman–Crippen MR) is 28.1 cm³/mol. The number of rotatable bonds is 1. The van der Waals surface area contributed by atoms with Crippen molar-refractivity contribution in [3.8, 4) is 0 Å². The fraction of sp³-hybridized carbons (Fsp3) is 1.00. The molecule has 0 atom stereocenters. The Labute approximate surface area is 47.4 Å². The lowest BCUT2D eigenvalue weighted by Gasteiger charge is -2.05. The van der Waals surface area contributed by atoms with Crippen molar-refractivity contribution in [3.05, 3.63) is 0 Å². The maximum atomic E-state index is 6.59. The Bertz CT molecular complexity index is 38.5. The van der Waals surface area contributed by atoms with Gasteiger partial charge in [-0.05, 0) is 6.92 Å². The molecule has 3 heteroatoms. The van der Waals surface area contributed by atoms with Crippen LogP contribution in [-0.2, 0) is 0 Å². The number of hydrogen-bond donors (Lipinski definition) is 0. The largest absolute Gasteiger partial charge is 0.255 e. The van der Waals surface area contributed by atoms with Gasteiger partial charge in [0.15, 0.2) is 0 Å². The maximum absolute atomic E-state index is 6.59. The van der Waals surface area contributed by atoms with Crippen LogP contribution in [0.25, 0.3) is 0 Å². The first-order chi connectivity index (χ1) is 2.56. The van der Waals surface area contributed by atoms with Crippen LogP contribution in [0.3, 0.4) is 0 Å². The molecule has 0 fully saturated rings. The molecular formula is C3H6Cl2N. The Hall–Kier alpha value is 0.540. The lowest BCUT2D eigenvalue weighted by atomic mass is 10.5. The van der Waals surface area contributed by atoms with Crippen molar-refractivity contribution in [3.63, 3.8) is 0 Å². The first-order valence-corrected chi connectivity index (χ1v) is 2.34. The highest BCUT2D eigenvalue weighted by molar-refractivity contribution is 6.48. The number of alkyl halides is 2. The van der Waals surface area contributed by atoms with Crippen molar-refractivity contribution in [2.24, 2.45) is 0 Å². The summed E-state index contributed by atoms with van der Waals surface area (Å²) in [5.74, 6) is 0. The summed E-state index contributed by atoms with van der Waals surface area (Å²) in [6, 6.07) is 0. The Balaban J connectivity index is 3.17. The van der Waals surface area contributed by atoms with Crippen LogP contribution in [0.2, 0.25) is 0 Å². The first-order valence-electron chi connectivity index (χ1n) is 1.59. The molecule has 0 bridgehead atoms. The summed E-state index contributed by atoms with van der Waals surface area (Å²) >= 11 is 10.6. The van der Waals surface area contributed by atoms with E-state index in [4.69, 9.17) is 28.9 Å². The number of hydrogen-bond acceptors (Lipinski definition) is 0. The monoisotopic (exact) mass is 126 g/mol. The minimum absolute atomic E-state index is 0.0517. The standard InChI is InChI=1S/C3H6Cl2N/c1-3(4,5)2-6/h6H,2H2,1H3. The molecule has 0 aliphatic rings. The predicted octanol–water partition coefficient (Wildman–Crippen LogP) is 1.46. The quantitative estimate of drug-likeness (QED) is 0.476. The second-order valence-electron chi connectivity index (χ2n) is 1.25. The summed E-state index contributed by atoms with van der Waals surface area (Å²) in [6.45, 7) is 1.64. The topological polar surface area (TPSA) is 23.8 Å². The number of nitrogens with one attached hydrogen (secondary N) is 1. The van der Waals surface area contributed by atoms with E-state index in [2.05, 4.69) is 0 Å². The van der Waals surface area contributed by atoms with Gasteiger partial charge in [-0.2, -0.15) is 0 Å². The minimum atomic E-state index is -0.847. The zero-order valence-corrected chi connectivity index (χ0v) is 4.97. The Morgan fingerprint density at radius 3 is 1.83 bits per heavy atom. The summed E-state index contributed by atoms with van der Waals surface area (Å²) in [6.07, 6.45) is 0. The molecule has 0 saturated carbocycles. The molecule has 0 heterocycles. The highest BCUT2D eigenvalue weighted by atomic mass is 35.5. The van der Waals surface area contributed by atoms with E-state index in [1.807, 2.05) is 0 Å². The molecule has 0 aliphatic heterocycles. The van der Waals surface area contributed by atoms with Crippen LogP contribution in [0.5, 0.6) is 0 Å². The van der Waals surface area contributed by atoms with Gasteiger partial charge in [0.2, 0.25) is 0 Å². The second-order valence-corrected chi connectivity index (χ2v) is 3.11. The van der Waals surface area contributed by atoms with Crippen molar-refractivity contribution in [2.45, 2.75) is 11.3 Å². The molecule has 0 saturated heterocycles. The summed E-state index contributed by atoms with van der Waals surface area (Å²) < 4.78 is -0.847. The number of halogens is 2. The Morgan fingerprint density at radius 2 is 1.83 bits per heavy atom. The van der Waals surface area contributed by atoms with Gasteiger partial charge in [0.25, 0.3) is 0 Å². The van der Waals surface area contributed by atoms with E-state index in [1.165, 1.54) is 0 Å². The van der Waals surface area contributed by atoms with E-state index in [9.17, 15) is 0 Å². The summed E-state index contributed by atoms with van der Waals surface area (Å²) in [4.78, 5) is 0. The van der Waals surface area contributed by atoms with E-state index >= 15 is 0 Å². The molecule has 1 radical (unpaired) electrons. The smallest absolute Gasteiger partial charge is 0.129 e. The van der Waals surface area contributed by atoms with Crippen molar-refractivity contribution < 1.29 is 0 Å². The van der Waals surface area contributed by atoms with Crippen LogP contribution in [0, 0.1) is 0 Å². The molecule has 0 aliphatic carbocycles. The summed E-state index contributed by atoms with van der Waals surface area (Å²) in [5.41, 5.74) is 6.59. The van der Waals surface area contributed by atoms with Gasteiger partial charge in [-0.1, -0.05) is 0 Å². The fourth-order valence-corrected chi connectivity index (χ4v) is 0. The van der Waals surface area contributed by atoms with Crippen molar-refractivity contribution in [2.75, 3.05) is 6.54 Å². The minimum Gasteiger partial charge on any atom is -0.255 e. The van der Waals surface area contributed by atoms with Gasteiger partial charge in [-0.3, -0.25) is 5.73 Å². The molecule has 0 amide bonds. The summed E-state index contributed by atoms with van der Waals surface area (Å²) in [5, 5.41) is 0. The van der Waals surface area contributed by atoms with Gasteiger partial charge in [0.1, 0.15) is 4.33 Å². The van der Waals surface area contributed by atoms with Crippen molar-refractivity contribution in [1.82, 2.24) is 5.73 Å². The lowest BCUT2D eigenvalue weighted by molar-refractivity contribution is 0.846. The van der Waals surface area contributed by atoms with Crippen LogP contribution in [-0.4, -0.2) is 10.9 Å². The van der Waals surface area contributed by atoms with E-state index < -0.39 is 4.33 Å². The lowest BCUT2D eigenvalue weighted by Crippen LogP contribution is -2.12. The van der Waals surface area contributed by atoms with Crippen molar-refractivity contribution >= 4 is 23.2 Å². The molecule has 0 unspecified atom stereocenters. The zero-order valence-electron chi connectivity index (χ0n) is 3.46. The Morgan fingerprint density at radius 1 is 1.67 bits per heavy atom. The molecule has 0 aromatic heterocycles. The third kappa shape index (κ3) is 4.54. The molecule has 0 rings (SSSR count). The molecule has 1 N–H and O–H groups in total. The van der Waals surface area contributed by atoms with E-state index in [0.717, 1.165) is 0 Å². The molecule has 0 aromatic carbocycles. The molecule has 0 spiro atoms. The van der Waals surface area contributed by atoms with Crippen LogP contribution in [0.4, 0.5) is 0 Å².